The predicted octanol–water partition coefficient (Wildman–Crippen LogP) is 2.61. The van der Waals surface area contributed by atoms with Crippen LogP contribution in [0.2, 0.25) is 10.0 Å². The predicted molar refractivity (Wildman–Crippen MR) is 70.7 cm³/mol. The molecule has 2 atom stereocenters. The van der Waals surface area contributed by atoms with Crippen LogP contribution in [0.15, 0.2) is 18.2 Å². The molecule has 0 spiro atoms. The van der Waals surface area contributed by atoms with E-state index >= 15 is 0 Å². The monoisotopic (exact) mass is 285 g/mol. The minimum absolute atomic E-state index is 0.106. The van der Waals surface area contributed by atoms with E-state index in [1.807, 2.05) is 19.9 Å². The lowest BCUT2D eigenvalue weighted by Crippen LogP contribution is -2.18. The average molecular weight is 286 g/mol. The van der Waals surface area contributed by atoms with E-state index in [1.165, 1.54) is 0 Å². The molecule has 0 aliphatic carbocycles. The number of hydrogen-bond donors (Lipinski definition) is 1. The third kappa shape index (κ3) is 2.48. The molecule has 0 aliphatic rings. The normalized spacial score (nSPS) is 14.5. The van der Waals surface area contributed by atoms with E-state index in [4.69, 9.17) is 28.9 Å². The Morgan fingerprint density at radius 1 is 1.28 bits per heavy atom. The van der Waals surface area contributed by atoms with E-state index in [9.17, 15) is 0 Å². The first-order valence-corrected chi connectivity index (χ1v) is 6.24. The van der Waals surface area contributed by atoms with Crippen LogP contribution < -0.4 is 5.73 Å². The van der Waals surface area contributed by atoms with Crippen molar-refractivity contribution in [2.75, 3.05) is 0 Å². The van der Waals surface area contributed by atoms with Crippen LogP contribution in [0.1, 0.15) is 37.3 Å². The molecule has 2 N–H and O–H groups in total. The Morgan fingerprint density at radius 3 is 2.61 bits per heavy atom. The highest BCUT2D eigenvalue weighted by Crippen LogP contribution is 2.28. The molecule has 0 radical (unpaired) electrons. The fourth-order valence-corrected chi connectivity index (χ4v) is 2.31. The number of benzene rings is 1. The van der Waals surface area contributed by atoms with Gasteiger partial charge >= 0.3 is 0 Å². The van der Waals surface area contributed by atoms with Gasteiger partial charge in [0.15, 0.2) is 5.82 Å². The molecule has 1 heterocycles. The molecule has 96 valence electrons. The molecular formula is C11H13Cl2N5. The zero-order chi connectivity index (χ0) is 13.3. The Bertz CT molecular complexity index is 552. The molecule has 2 unspecified atom stereocenters. The molecule has 2 rings (SSSR count). The van der Waals surface area contributed by atoms with Gasteiger partial charge in [-0.25, -0.2) is 4.68 Å². The zero-order valence-corrected chi connectivity index (χ0v) is 11.5. The van der Waals surface area contributed by atoms with Gasteiger partial charge < -0.3 is 5.73 Å². The Hall–Kier alpha value is -1.17. The van der Waals surface area contributed by atoms with E-state index in [2.05, 4.69) is 15.5 Å². The molecule has 18 heavy (non-hydrogen) atoms. The molecule has 7 heteroatoms. The molecule has 0 bridgehead atoms. The Morgan fingerprint density at radius 2 is 2.00 bits per heavy atom. The number of rotatable bonds is 3. The number of halogens is 2. The summed E-state index contributed by atoms with van der Waals surface area (Å²) in [5, 5.41) is 12.7. The van der Waals surface area contributed by atoms with Crippen LogP contribution in [-0.2, 0) is 0 Å². The fourth-order valence-electron chi connectivity index (χ4n) is 1.75. The van der Waals surface area contributed by atoms with Crippen LogP contribution in [-0.4, -0.2) is 20.2 Å². The molecule has 1 aromatic heterocycles. The number of hydrogen-bond acceptors (Lipinski definition) is 4. The molecule has 0 amide bonds. The third-order valence-corrected chi connectivity index (χ3v) is 3.27. The van der Waals surface area contributed by atoms with Crippen LogP contribution in [0.5, 0.6) is 0 Å². The van der Waals surface area contributed by atoms with Crippen molar-refractivity contribution in [1.29, 1.82) is 0 Å². The number of aromatic nitrogens is 4. The van der Waals surface area contributed by atoms with Crippen molar-refractivity contribution in [3.05, 3.63) is 39.6 Å². The van der Waals surface area contributed by atoms with Gasteiger partial charge in [-0.05, 0) is 42.0 Å². The quantitative estimate of drug-likeness (QED) is 0.941. The Labute approximate surface area is 115 Å². The van der Waals surface area contributed by atoms with Crippen molar-refractivity contribution in [2.45, 2.75) is 25.9 Å². The van der Waals surface area contributed by atoms with Crippen molar-refractivity contribution in [1.82, 2.24) is 20.2 Å². The van der Waals surface area contributed by atoms with Crippen molar-refractivity contribution < 1.29 is 0 Å². The Kier molecular flexibility index (Phi) is 3.85. The summed E-state index contributed by atoms with van der Waals surface area (Å²) in [6.07, 6.45) is 0. The maximum absolute atomic E-state index is 6.18. The highest BCUT2D eigenvalue weighted by molar-refractivity contribution is 6.35. The Balaban J connectivity index is 2.41. The van der Waals surface area contributed by atoms with Crippen LogP contribution in [0.3, 0.4) is 0 Å². The standard InChI is InChI=1S/C11H13Cl2N5/c1-6(14)11-15-16-17-18(11)7(2)9-4-3-8(12)5-10(9)13/h3-7H,14H2,1-2H3. The van der Waals surface area contributed by atoms with Gasteiger partial charge in [0.05, 0.1) is 12.1 Å². The van der Waals surface area contributed by atoms with E-state index < -0.39 is 0 Å². The first kappa shape index (κ1) is 13.3. The minimum Gasteiger partial charge on any atom is -0.322 e. The molecule has 0 saturated carbocycles. The molecule has 0 fully saturated rings. The van der Waals surface area contributed by atoms with Gasteiger partial charge in [0.25, 0.3) is 0 Å². The van der Waals surface area contributed by atoms with Crippen molar-refractivity contribution >= 4 is 23.2 Å². The largest absolute Gasteiger partial charge is 0.322 e. The van der Waals surface area contributed by atoms with Crippen LogP contribution >= 0.6 is 23.2 Å². The summed E-state index contributed by atoms with van der Waals surface area (Å²) >= 11 is 12.1. The lowest BCUT2D eigenvalue weighted by atomic mass is 10.1. The van der Waals surface area contributed by atoms with Gasteiger partial charge in [-0.1, -0.05) is 29.3 Å². The second-order valence-electron chi connectivity index (χ2n) is 4.11. The van der Waals surface area contributed by atoms with E-state index in [1.54, 1.807) is 16.8 Å². The van der Waals surface area contributed by atoms with Crippen LogP contribution in [0.4, 0.5) is 0 Å². The fraction of sp³-hybridized carbons (Fsp3) is 0.364. The second kappa shape index (κ2) is 5.22. The smallest absolute Gasteiger partial charge is 0.168 e. The van der Waals surface area contributed by atoms with E-state index in [-0.39, 0.29) is 12.1 Å². The zero-order valence-electron chi connectivity index (χ0n) is 10.0. The molecule has 5 nitrogen and oxygen atoms in total. The summed E-state index contributed by atoms with van der Waals surface area (Å²) in [5.74, 6) is 0.619. The lowest BCUT2D eigenvalue weighted by Gasteiger charge is -2.16. The van der Waals surface area contributed by atoms with Gasteiger partial charge in [0, 0.05) is 10.0 Å². The van der Waals surface area contributed by atoms with Gasteiger partial charge in [0.1, 0.15) is 0 Å². The van der Waals surface area contributed by atoms with Crippen molar-refractivity contribution in [2.24, 2.45) is 5.73 Å². The molecule has 0 saturated heterocycles. The third-order valence-electron chi connectivity index (χ3n) is 2.70. The first-order chi connectivity index (χ1) is 8.50. The van der Waals surface area contributed by atoms with E-state index in [0.29, 0.717) is 15.9 Å². The maximum Gasteiger partial charge on any atom is 0.168 e. The summed E-state index contributed by atoms with van der Waals surface area (Å²) in [4.78, 5) is 0. The van der Waals surface area contributed by atoms with Crippen molar-refractivity contribution in [3.63, 3.8) is 0 Å². The maximum atomic E-state index is 6.18. The SMILES string of the molecule is CC(N)c1nnnn1C(C)c1ccc(Cl)cc1Cl. The summed E-state index contributed by atoms with van der Waals surface area (Å²) in [5.41, 5.74) is 6.72. The molecule has 1 aromatic carbocycles. The topological polar surface area (TPSA) is 69.6 Å². The van der Waals surface area contributed by atoms with Gasteiger partial charge in [0.2, 0.25) is 0 Å². The van der Waals surface area contributed by atoms with Crippen LogP contribution in [0.25, 0.3) is 0 Å². The summed E-state index contributed by atoms with van der Waals surface area (Å²) < 4.78 is 1.67. The second-order valence-corrected chi connectivity index (χ2v) is 4.96. The summed E-state index contributed by atoms with van der Waals surface area (Å²) in [6.45, 7) is 3.79. The molecule has 2 aromatic rings. The number of nitrogens with zero attached hydrogens (tertiary/aromatic N) is 4. The number of nitrogens with two attached hydrogens (primary N) is 1. The van der Waals surface area contributed by atoms with Gasteiger partial charge in [-0.2, -0.15) is 0 Å². The average Bonchev–Trinajstić information content (AvgIpc) is 2.77. The highest BCUT2D eigenvalue weighted by Gasteiger charge is 2.19. The van der Waals surface area contributed by atoms with Crippen molar-refractivity contribution in [3.8, 4) is 0 Å². The lowest BCUT2D eigenvalue weighted by molar-refractivity contribution is 0.504. The van der Waals surface area contributed by atoms with Gasteiger partial charge in [-0.15, -0.1) is 5.10 Å². The summed E-state index contributed by atoms with van der Waals surface area (Å²) in [7, 11) is 0. The number of tetrazole rings is 1. The molecular weight excluding hydrogens is 273 g/mol. The van der Waals surface area contributed by atoms with Gasteiger partial charge in [-0.3, -0.25) is 0 Å². The highest BCUT2D eigenvalue weighted by atomic mass is 35.5. The molecule has 0 aliphatic heterocycles. The van der Waals surface area contributed by atoms with Crippen LogP contribution in [0, 0.1) is 0 Å². The minimum atomic E-state index is -0.242. The van der Waals surface area contributed by atoms with E-state index in [0.717, 1.165) is 5.56 Å². The summed E-state index contributed by atoms with van der Waals surface area (Å²) in [6, 6.07) is 5.00. The first-order valence-electron chi connectivity index (χ1n) is 5.49.